The van der Waals surface area contributed by atoms with Crippen LogP contribution in [0.2, 0.25) is 0 Å². The average Bonchev–Trinajstić information content (AvgIpc) is 2.93. The first-order chi connectivity index (χ1) is 9.54. The number of hydrogen-bond acceptors (Lipinski definition) is 4. The highest BCUT2D eigenvalue weighted by Gasteiger charge is 2.12. The Kier molecular flexibility index (Phi) is 5.18. The van der Waals surface area contributed by atoms with Crippen LogP contribution in [0.25, 0.3) is 4.96 Å². The molecule has 0 amide bonds. The number of thiazole rings is 1. The van der Waals surface area contributed by atoms with Gasteiger partial charge in [0.1, 0.15) is 0 Å². The van der Waals surface area contributed by atoms with Crippen LogP contribution in [0.3, 0.4) is 0 Å². The third-order valence-electron chi connectivity index (χ3n) is 4.11. The fourth-order valence-corrected chi connectivity index (χ4v) is 3.30. The molecule has 1 N–H and O–H groups in total. The van der Waals surface area contributed by atoms with Crippen molar-refractivity contribution >= 4 is 16.3 Å². The number of nitrogens with zero attached hydrogens (tertiary/aromatic N) is 3. The predicted octanol–water partition coefficient (Wildman–Crippen LogP) is 2.83. The van der Waals surface area contributed by atoms with Gasteiger partial charge in [-0.15, -0.1) is 11.3 Å². The maximum atomic E-state index is 4.62. The van der Waals surface area contributed by atoms with E-state index in [1.54, 1.807) is 11.3 Å². The molecule has 0 saturated heterocycles. The highest BCUT2D eigenvalue weighted by atomic mass is 32.1. The quantitative estimate of drug-likeness (QED) is 0.797. The fraction of sp³-hybridized carbons (Fsp3) is 0.667. The maximum Gasteiger partial charge on any atom is 0.194 e. The predicted molar refractivity (Wildman–Crippen MR) is 86.6 cm³/mol. The largest absolute Gasteiger partial charge is 0.310 e. The summed E-state index contributed by atoms with van der Waals surface area (Å²) < 4.78 is 2.27. The summed E-state index contributed by atoms with van der Waals surface area (Å²) in [5.41, 5.74) is 3.71. The molecule has 0 spiro atoms. The zero-order valence-corrected chi connectivity index (χ0v) is 14.0. The van der Waals surface area contributed by atoms with Crippen LogP contribution in [0.15, 0.2) is 5.38 Å². The molecule has 0 aromatic carbocycles. The third-order valence-corrected chi connectivity index (χ3v) is 5.05. The van der Waals surface area contributed by atoms with Crippen molar-refractivity contribution in [3.05, 3.63) is 22.5 Å². The highest BCUT2D eigenvalue weighted by Crippen LogP contribution is 2.20. The number of fused-ring (bicyclic) bond motifs is 1. The van der Waals surface area contributed by atoms with Crippen LogP contribution < -0.4 is 5.32 Å². The van der Waals surface area contributed by atoms with Gasteiger partial charge in [-0.05, 0) is 34.2 Å². The van der Waals surface area contributed by atoms with Gasteiger partial charge in [-0.2, -0.15) is 0 Å². The highest BCUT2D eigenvalue weighted by molar-refractivity contribution is 7.15. The van der Waals surface area contributed by atoms with Crippen molar-refractivity contribution < 1.29 is 0 Å². The van der Waals surface area contributed by atoms with Crippen LogP contribution in [-0.2, 0) is 6.54 Å². The number of hydrogen-bond donors (Lipinski definition) is 1. The summed E-state index contributed by atoms with van der Waals surface area (Å²) in [6.07, 6.45) is 1.20. The first-order valence-corrected chi connectivity index (χ1v) is 8.25. The molecule has 0 radical (unpaired) electrons. The summed E-state index contributed by atoms with van der Waals surface area (Å²) in [5, 5.41) is 5.72. The lowest BCUT2D eigenvalue weighted by Crippen LogP contribution is -2.35. The van der Waals surface area contributed by atoms with E-state index in [9.17, 15) is 0 Å². The molecule has 0 fully saturated rings. The Morgan fingerprint density at radius 3 is 2.90 bits per heavy atom. The minimum Gasteiger partial charge on any atom is -0.310 e. The monoisotopic (exact) mass is 294 g/mol. The second kappa shape index (κ2) is 6.70. The molecule has 0 saturated carbocycles. The van der Waals surface area contributed by atoms with E-state index in [0.717, 1.165) is 30.3 Å². The van der Waals surface area contributed by atoms with E-state index in [4.69, 9.17) is 0 Å². The SMILES string of the molecule is CCC(C)N(C)CCNCc1c(C)nc2scc(C)n12. The van der Waals surface area contributed by atoms with Crippen molar-refractivity contribution in [1.82, 2.24) is 19.6 Å². The molecule has 1 atom stereocenters. The molecule has 0 aliphatic rings. The van der Waals surface area contributed by atoms with Crippen molar-refractivity contribution in [3.63, 3.8) is 0 Å². The number of imidazole rings is 1. The smallest absolute Gasteiger partial charge is 0.194 e. The van der Waals surface area contributed by atoms with Gasteiger partial charge in [0, 0.05) is 36.8 Å². The summed E-state index contributed by atoms with van der Waals surface area (Å²) in [6.45, 7) is 11.7. The molecule has 1 unspecified atom stereocenters. The zero-order valence-electron chi connectivity index (χ0n) is 13.2. The second-order valence-corrected chi connectivity index (χ2v) is 6.39. The van der Waals surface area contributed by atoms with Gasteiger partial charge in [-0.3, -0.25) is 4.40 Å². The Hall–Kier alpha value is -0.910. The van der Waals surface area contributed by atoms with E-state index < -0.39 is 0 Å². The Labute approximate surface area is 125 Å². The molecule has 2 aromatic rings. The van der Waals surface area contributed by atoms with Crippen LogP contribution in [0.1, 0.15) is 37.4 Å². The van der Waals surface area contributed by atoms with E-state index in [2.05, 4.69) is 59.7 Å². The van der Waals surface area contributed by atoms with Gasteiger partial charge in [0.15, 0.2) is 4.96 Å². The van der Waals surface area contributed by atoms with Crippen LogP contribution in [0.5, 0.6) is 0 Å². The third kappa shape index (κ3) is 3.22. The van der Waals surface area contributed by atoms with Crippen LogP contribution >= 0.6 is 11.3 Å². The fourth-order valence-electron chi connectivity index (χ4n) is 2.37. The van der Waals surface area contributed by atoms with E-state index in [0.29, 0.717) is 6.04 Å². The number of rotatable bonds is 7. The minimum atomic E-state index is 0.652. The summed E-state index contributed by atoms with van der Waals surface area (Å²) in [4.78, 5) is 8.13. The molecular weight excluding hydrogens is 268 g/mol. The lowest BCUT2D eigenvalue weighted by molar-refractivity contribution is 0.251. The molecule has 112 valence electrons. The molecular formula is C15H26N4S. The van der Waals surface area contributed by atoms with Crippen molar-refractivity contribution in [2.45, 2.75) is 46.7 Å². The van der Waals surface area contributed by atoms with Gasteiger partial charge >= 0.3 is 0 Å². The van der Waals surface area contributed by atoms with Gasteiger partial charge in [0.05, 0.1) is 11.4 Å². The average molecular weight is 294 g/mol. The van der Waals surface area contributed by atoms with Gasteiger partial charge in [-0.25, -0.2) is 4.98 Å². The van der Waals surface area contributed by atoms with E-state index in [-0.39, 0.29) is 0 Å². The normalized spacial score (nSPS) is 13.5. The zero-order chi connectivity index (χ0) is 14.7. The Bertz CT molecular complexity index is 557. The lowest BCUT2D eigenvalue weighted by atomic mass is 10.2. The van der Waals surface area contributed by atoms with E-state index in [1.165, 1.54) is 17.8 Å². The molecule has 5 heteroatoms. The van der Waals surface area contributed by atoms with Crippen LogP contribution in [0, 0.1) is 13.8 Å². The summed E-state index contributed by atoms with van der Waals surface area (Å²) >= 11 is 1.72. The number of nitrogens with one attached hydrogen (secondary N) is 1. The summed E-state index contributed by atoms with van der Waals surface area (Å²) in [7, 11) is 2.20. The van der Waals surface area contributed by atoms with Crippen molar-refractivity contribution in [2.75, 3.05) is 20.1 Å². The molecule has 2 aromatic heterocycles. The Morgan fingerprint density at radius 1 is 1.45 bits per heavy atom. The number of aromatic nitrogens is 2. The maximum absolute atomic E-state index is 4.62. The minimum absolute atomic E-state index is 0.652. The standard InChI is InChI=1S/C15H26N4S/c1-6-11(2)18(5)8-7-16-9-14-13(4)17-15-19(14)12(3)10-20-15/h10-11,16H,6-9H2,1-5H3. The molecule has 20 heavy (non-hydrogen) atoms. The van der Waals surface area contributed by atoms with E-state index >= 15 is 0 Å². The molecule has 0 aliphatic heterocycles. The van der Waals surface area contributed by atoms with Gasteiger partial charge in [0.25, 0.3) is 0 Å². The van der Waals surface area contributed by atoms with Crippen molar-refractivity contribution in [3.8, 4) is 0 Å². The number of aryl methyl sites for hydroxylation is 2. The lowest BCUT2D eigenvalue weighted by Gasteiger charge is -2.23. The van der Waals surface area contributed by atoms with E-state index in [1.807, 2.05) is 0 Å². The van der Waals surface area contributed by atoms with Crippen molar-refractivity contribution in [1.29, 1.82) is 0 Å². The molecule has 2 heterocycles. The molecule has 0 aliphatic carbocycles. The molecule has 2 rings (SSSR count). The van der Waals surface area contributed by atoms with Crippen molar-refractivity contribution in [2.24, 2.45) is 0 Å². The second-order valence-electron chi connectivity index (χ2n) is 5.55. The van der Waals surface area contributed by atoms with Crippen LogP contribution in [0.4, 0.5) is 0 Å². The first kappa shape index (κ1) is 15.5. The molecule has 0 bridgehead atoms. The summed E-state index contributed by atoms with van der Waals surface area (Å²) in [5.74, 6) is 0. The molecule has 4 nitrogen and oxygen atoms in total. The summed E-state index contributed by atoms with van der Waals surface area (Å²) in [6, 6.07) is 0.652. The first-order valence-electron chi connectivity index (χ1n) is 7.37. The Balaban J connectivity index is 1.90. The number of likely N-dealkylation sites (N-methyl/N-ethyl adjacent to an activating group) is 1. The van der Waals surface area contributed by atoms with Gasteiger partial charge < -0.3 is 10.2 Å². The van der Waals surface area contributed by atoms with Gasteiger partial charge in [0.2, 0.25) is 0 Å². The van der Waals surface area contributed by atoms with Crippen LogP contribution in [-0.4, -0.2) is 40.5 Å². The van der Waals surface area contributed by atoms with Gasteiger partial charge in [-0.1, -0.05) is 6.92 Å². The topological polar surface area (TPSA) is 32.6 Å². The Morgan fingerprint density at radius 2 is 2.20 bits per heavy atom.